The topological polar surface area (TPSA) is 86.1 Å². The molecule has 0 fully saturated rings. The van der Waals surface area contributed by atoms with Crippen LogP contribution in [0.5, 0.6) is 0 Å². The van der Waals surface area contributed by atoms with Crippen molar-refractivity contribution >= 4 is 28.5 Å². The SMILES string of the molecule is Cc1cc(Cl)c2[nH]c3c(c2c1C#N)CCOC3(CC(=O)O)C(C)C. The van der Waals surface area contributed by atoms with E-state index in [9.17, 15) is 15.2 Å². The molecule has 0 aliphatic carbocycles. The third-order valence-electron chi connectivity index (χ3n) is 4.92. The van der Waals surface area contributed by atoms with Crippen LogP contribution in [0.2, 0.25) is 5.02 Å². The van der Waals surface area contributed by atoms with Crippen LogP contribution in [0.4, 0.5) is 0 Å². The molecule has 1 aromatic carbocycles. The number of carboxylic acid groups (broad SMARTS) is 1. The lowest BCUT2D eigenvalue weighted by atomic mass is 9.79. The average Bonchev–Trinajstić information content (AvgIpc) is 2.88. The van der Waals surface area contributed by atoms with Crippen LogP contribution in [0.25, 0.3) is 10.9 Å². The quantitative estimate of drug-likeness (QED) is 0.882. The summed E-state index contributed by atoms with van der Waals surface area (Å²) in [5, 5.41) is 20.3. The van der Waals surface area contributed by atoms with E-state index in [2.05, 4.69) is 11.1 Å². The Balaban J connectivity index is 2.39. The Bertz CT molecular complexity index is 879. The van der Waals surface area contributed by atoms with Crippen molar-refractivity contribution in [2.24, 2.45) is 5.92 Å². The number of aromatic amines is 1. The van der Waals surface area contributed by atoms with Crippen molar-refractivity contribution in [3.05, 3.63) is 33.5 Å². The van der Waals surface area contributed by atoms with E-state index < -0.39 is 11.6 Å². The first-order valence-corrected chi connectivity index (χ1v) is 8.29. The largest absolute Gasteiger partial charge is 0.481 e. The highest BCUT2D eigenvalue weighted by molar-refractivity contribution is 6.35. The van der Waals surface area contributed by atoms with Crippen LogP contribution < -0.4 is 0 Å². The van der Waals surface area contributed by atoms with Gasteiger partial charge in [0.1, 0.15) is 11.7 Å². The lowest BCUT2D eigenvalue weighted by Crippen LogP contribution is -2.42. The molecule has 24 heavy (non-hydrogen) atoms. The van der Waals surface area contributed by atoms with E-state index >= 15 is 0 Å². The van der Waals surface area contributed by atoms with Gasteiger partial charge in [0.2, 0.25) is 0 Å². The number of aryl methyl sites for hydroxylation is 1. The maximum atomic E-state index is 11.5. The van der Waals surface area contributed by atoms with E-state index in [1.165, 1.54) is 0 Å². The summed E-state index contributed by atoms with van der Waals surface area (Å²) in [5.74, 6) is -0.968. The van der Waals surface area contributed by atoms with Crippen molar-refractivity contribution < 1.29 is 14.6 Å². The van der Waals surface area contributed by atoms with Gasteiger partial charge in [0, 0.05) is 5.39 Å². The molecule has 0 bridgehead atoms. The van der Waals surface area contributed by atoms with Crippen LogP contribution in [0.15, 0.2) is 6.07 Å². The zero-order chi connectivity index (χ0) is 17.6. The first-order valence-electron chi connectivity index (χ1n) is 7.91. The number of nitrogens with one attached hydrogen (secondary N) is 1. The molecule has 2 N–H and O–H groups in total. The van der Waals surface area contributed by atoms with E-state index in [-0.39, 0.29) is 12.3 Å². The Morgan fingerprint density at radius 1 is 1.58 bits per heavy atom. The number of aromatic nitrogens is 1. The summed E-state index contributed by atoms with van der Waals surface area (Å²) >= 11 is 6.39. The number of nitriles is 1. The molecule has 1 aliphatic rings. The molecule has 0 spiro atoms. The molecule has 3 rings (SSSR count). The molecule has 0 radical (unpaired) electrons. The van der Waals surface area contributed by atoms with Gasteiger partial charge in [-0.15, -0.1) is 0 Å². The van der Waals surface area contributed by atoms with E-state index in [1.54, 1.807) is 6.07 Å². The van der Waals surface area contributed by atoms with Crippen LogP contribution in [-0.2, 0) is 21.6 Å². The van der Waals surface area contributed by atoms with Crippen molar-refractivity contribution in [1.29, 1.82) is 5.26 Å². The number of fused-ring (bicyclic) bond motifs is 3. The molecule has 0 amide bonds. The number of H-pyrrole nitrogens is 1. The predicted molar refractivity (Wildman–Crippen MR) is 91.2 cm³/mol. The lowest BCUT2D eigenvalue weighted by Gasteiger charge is -2.39. The highest BCUT2D eigenvalue weighted by atomic mass is 35.5. The third kappa shape index (κ3) is 2.29. The summed E-state index contributed by atoms with van der Waals surface area (Å²) in [6.07, 6.45) is 0.487. The fourth-order valence-corrected chi connectivity index (χ4v) is 4.02. The second-order valence-electron chi connectivity index (χ2n) is 6.60. The third-order valence-corrected chi connectivity index (χ3v) is 5.22. The fourth-order valence-electron chi connectivity index (χ4n) is 3.71. The minimum Gasteiger partial charge on any atom is -0.481 e. The Morgan fingerprint density at radius 3 is 2.88 bits per heavy atom. The number of carboxylic acids is 1. The number of halogens is 1. The van der Waals surface area contributed by atoms with Crippen LogP contribution in [-0.4, -0.2) is 22.7 Å². The van der Waals surface area contributed by atoms with E-state index in [0.717, 1.165) is 22.2 Å². The normalized spacial score (nSPS) is 20.2. The van der Waals surface area contributed by atoms with Gasteiger partial charge in [-0.2, -0.15) is 5.26 Å². The standard InChI is InChI=1S/C18H19ClN2O3/c1-9(2)18(7-14(22)23)17-11(4-5-24-18)15-12(8-20)10(3)6-13(19)16(15)21-17/h6,9,21H,4-5,7H2,1-3H3,(H,22,23). The maximum Gasteiger partial charge on any atom is 0.306 e. The monoisotopic (exact) mass is 346 g/mol. The van der Waals surface area contributed by atoms with Gasteiger partial charge in [-0.25, -0.2) is 0 Å². The van der Waals surface area contributed by atoms with Crippen molar-refractivity contribution in [2.45, 2.75) is 39.2 Å². The molecular weight excluding hydrogens is 328 g/mol. The zero-order valence-corrected chi connectivity index (χ0v) is 14.6. The van der Waals surface area contributed by atoms with Gasteiger partial charge in [-0.1, -0.05) is 25.4 Å². The fraction of sp³-hybridized carbons (Fsp3) is 0.444. The first-order chi connectivity index (χ1) is 11.3. The minimum absolute atomic E-state index is 0.0499. The molecule has 1 aliphatic heterocycles. The summed E-state index contributed by atoms with van der Waals surface area (Å²) in [7, 11) is 0. The van der Waals surface area contributed by atoms with Gasteiger partial charge < -0.3 is 14.8 Å². The smallest absolute Gasteiger partial charge is 0.306 e. The van der Waals surface area contributed by atoms with Gasteiger partial charge in [0.25, 0.3) is 0 Å². The first kappa shape index (κ1) is 16.8. The van der Waals surface area contributed by atoms with E-state index in [0.29, 0.717) is 29.1 Å². The summed E-state index contributed by atoms with van der Waals surface area (Å²) < 4.78 is 6.00. The Kier molecular flexibility index (Phi) is 4.06. The summed E-state index contributed by atoms with van der Waals surface area (Å²) in [5.41, 5.74) is 2.84. The average molecular weight is 347 g/mol. The van der Waals surface area contributed by atoms with Crippen LogP contribution in [0, 0.1) is 24.2 Å². The van der Waals surface area contributed by atoms with Gasteiger partial charge >= 0.3 is 5.97 Å². The Labute approximate surface area is 145 Å². The van der Waals surface area contributed by atoms with E-state index in [1.807, 2.05) is 20.8 Å². The summed E-state index contributed by atoms with van der Waals surface area (Å²) in [6.45, 7) is 6.17. The number of ether oxygens (including phenoxy) is 1. The Morgan fingerprint density at radius 2 is 2.29 bits per heavy atom. The molecule has 1 atom stereocenters. The molecular formula is C18H19ClN2O3. The lowest BCUT2D eigenvalue weighted by molar-refractivity contribution is -0.154. The maximum absolute atomic E-state index is 11.5. The molecule has 0 saturated carbocycles. The summed E-state index contributed by atoms with van der Waals surface area (Å²) in [4.78, 5) is 14.8. The number of hydrogen-bond acceptors (Lipinski definition) is 3. The number of nitrogens with zero attached hydrogens (tertiary/aromatic N) is 1. The van der Waals surface area contributed by atoms with Crippen molar-refractivity contribution in [3.63, 3.8) is 0 Å². The van der Waals surface area contributed by atoms with Crippen LogP contribution in [0.1, 0.15) is 42.7 Å². The molecule has 126 valence electrons. The minimum atomic E-state index is -0.942. The molecule has 6 heteroatoms. The van der Waals surface area contributed by atoms with E-state index in [4.69, 9.17) is 16.3 Å². The number of aliphatic carboxylic acids is 1. The van der Waals surface area contributed by atoms with Crippen molar-refractivity contribution in [3.8, 4) is 6.07 Å². The van der Waals surface area contributed by atoms with Crippen LogP contribution in [0.3, 0.4) is 0 Å². The second kappa shape index (κ2) is 5.80. The molecule has 1 unspecified atom stereocenters. The van der Waals surface area contributed by atoms with Gasteiger partial charge in [0.05, 0.1) is 34.8 Å². The summed E-state index contributed by atoms with van der Waals surface area (Å²) in [6, 6.07) is 4.03. The number of rotatable bonds is 3. The zero-order valence-electron chi connectivity index (χ0n) is 13.9. The molecule has 1 aromatic heterocycles. The highest BCUT2D eigenvalue weighted by Crippen LogP contribution is 2.46. The Hall–Kier alpha value is -2.03. The van der Waals surface area contributed by atoms with Crippen LogP contribution >= 0.6 is 11.6 Å². The predicted octanol–water partition coefficient (Wildman–Crippen LogP) is 3.90. The van der Waals surface area contributed by atoms with Gasteiger partial charge in [-0.3, -0.25) is 4.79 Å². The van der Waals surface area contributed by atoms with Crippen molar-refractivity contribution in [1.82, 2.24) is 4.98 Å². The number of hydrogen-bond donors (Lipinski definition) is 2. The molecule has 2 heterocycles. The molecule has 0 saturated heterocycles. The van der Waals surface area contributed by atoms with Gasteiger partial charge in [-0.05, 0) is 36.5 Å². The highest BCUT2D eigenvalue weighted by Gasteiger charge is 2.45. The number of carbonyl (C=O) groups is 1. The van der Waals surface area contributed by atoms with Gasteiger partial charge in [0.15, 0.2) is 0 Å². The van der Waals surface area contributed by atoms with Crippen molar-refractivity contribution in [2.75, 3.05) is 6.61 Å². The molecule has 2 aromatic rings. The molecule has 5 nitrogen and oxygen atoms in total. The number of benzene rings is 1. The second-order valence-corrected chi connectivity index (χ2v) is 7.01.